The molecule has 0 N–H and O–H groups in total. The molecule has 0 aromatic heterocycles. The zero-order valence-electron chi connectivity index (χ0n) is 9.52. The lowest BCUT2D eigenvalue weighted by Crippen LogP contribution is -2.04. The molecule has 0 atom stereocenters. The van der Waals surface area contributed by atoms with Crippen molar-refractivity contribution in [3.05, 3.63) is 64.2 Å². The van der Waals surface area contributed by atoms with E-state index in [9.17, 15) is 23.3 Å². The third kappa shape index (κ3) is 2.73. The number of hydrogen-bond acceptors (Lipinski definition) is 2. The number of nitro groups is 1. The third-order valence-corrected chi connectivity index (χ3v) is 2.60. The summed E-state index contributed by atoms with van der Waals surface area (Å²) in [6.07, 6.45) is -4.47. The lowest BCUT2D eigenvalue weighted by atomic mass is 10.0. The minimum atomic E-state index is -4.47. The quantitative estimate of drug-likeness (QED) is 0.602. The molecule has 0 spiro atoms. The molecule has 0 radical (unpaired) electrons. The van der Waals surface area contributed by atoms with Gasteiger partial charge in [0.25, 0.3) is 5.69 Å². The summed E-state index contributed by atoms with van der Waals surface area (Å²) >= 11 is 0. The molecular formula is C13H8F3NO2. The number of halogens is 3. The van der Waals surface area contributed by atoms with Gasteiger partial charge in [0.05, 0.1) is 16.1 Å². The highest BCUT2D eigenvalue weighted by atomic mass is 19.4. The van der Waals surface area contributed by atoms with Gasteiger partial charge in [0.2, 0.25) is 0 Å². The molecule has 0 aliphatic rings. The largest absolute Gasteiger partial charge is 0.416 e. The van der Waals surface area contributed by atoms with Crippen LogP contribution >= 0.6 is 0 Å². The van der Waals surface area contributed by atoms with Crippen molar-refractivity contribution >= 4 is 5.69 Å². The first kappa shape index (κ1) is 13.1. The molecule has 98 valence electrons. The van der Waals surface area contributed by atoms with Crippen LogP contribution in [0.25, 0.3) is 11.1 Å². The molecule has 2 rings (SSSR count). The average molecular weight is 267 g/mol. The van der Waals surface area contributed by atoms with Crippen molar-refractivity contribution < 1.29 is 18.1 Å². The average Bonchev–Trinajstić information content (AvgIpc) is 2.38. The van der Waals surface area contributed by atoms with E-state index in [1.165, 1.54) is 30.3 Å². The molecule has 3 nitrogen and oxygen atoms in total. The lowest BCUT2D eigenvalue weighted by molar-refractivity contribution is -0.384. The maximum absolute atomic E-state index is 12.6. The number of rotatable bonds is 2. The molecule has 2 aromatic rings. The summed E-state index contributed by atoms with van der Waals surface area (Å²) in [5.41, 5.74) is -0.717. The first-order valence-corrected chi connectivity index (χ1v) is 5.30. The van der Waals surface area contributed by atoms with Gasteiger partial charge in [0.1, 0.15) is 0 Å². The van der Waals surface area contributed by atoms with Crippen molar-refractivity contribution in [3.63, 3.8) is 0 Å². The highest BCUT2D eigenvalue weighted by molar-refractivity contribution is 5.73. The van der Waals surface area contributed by atoms with E-state index in [1.807, 2.05) is 0 Å². The van der Waals surface area contributed by atoms with Gasteiger partial charge in [-0.1, -0.05) is 24.3 Å². The summed E-state index contributed by atoms with van der Waals surface area (Å²) in [5.74, 6) is 0. The second-order valence-electron chi connectivity index (χ2n) is 3.85. The summed E-state index contributed by atoms with van der Waals surface area (Å²) in [5, 5.41) is 10.9. The first-order chi connectivity index (χ1) is 8.89. The molecule has 19 heavy (non-hydrogen) atoms. The minimum absolute atomic E-state index is 0.165. The van der Waals surface area contributed by atoms with Crippen LogP contribution in [0.2, 0.25) is 0 Å². The molecule has 0 heterocycles. The van der Waals surface area contributed by atoms with E-state index in [1.54, 1.807) is 6.07 Å². The number of nitro benzene ring substituents is 1. The predicted molar refractivity (Wildman–Crippen MR) is 63.5 cm³/mol. The number of para-hydroxylation sites is 1. The number of nitrogens with zero attached hydrogens (tertiary/aromatic N) is 1. The van der Waals surface area contributed by atoms with Crippen LogP contribution in [0, 0.1) is 10.1 Å². The zero-order valence-corrected chi connectivity index (χ0v) is 9.52. The summed E-state index contributed by atoms with van der Waals surface area (Å²) < 4.78 is 37.8. The molecule has 0 aliphatic carbocycles. The Hall–Kier alpha value is -2.37. The van der Waals surface area contributed by atoms with Crippen molar-refractivity contribution in [1.29, 1.82) is 0 Å². The van der Waals surface area contributed by atoms with Crippen molar-refractivity contribution in [2.45, 2.75) is 6.18 Å². The number of benzene rings is 2. The Bertz CT molecular complexity index is 623. The molecule has 0 saturated carbocycles. The fraction of sp³-hybridized carbons (Fsp3) is 0.0769. The normalized spacial score (nSPS) is 11.3. The second kappa shape index (κ2) is 4.72. The number of hydrogen-bond donors (Lipinski definition) is 0. The van der Waals surface area contributed by atoms with E-state index >= 15 is 0 Å². The fourth-order valence-corrected chi connectivity index (χ4v) is 1.74. The molecule has 0 bridgehead atoms. The third-order valence-electron chi connectivity index (χ3n) is 2.60. The Balaban J connectivity index is 2.57. The zero-order chi connectivity index (χ0) is 14.0. The van der Waals surface area contributed by atoms with Gasteiger partial charge in [0, 0.05) is 6.07 Å². The molecular weight excluding hydrogens is 259 g/mol. The van der Waals surface area contributed by atoms with Gasteiger partial charge < -0.3 is 0 Å². The molecule has 6 heteroatoms. The molecule has 0 aliphatic heterocycles. The van der Waals surface area contributed by atoms with Crippen molar-refractivity contribution in [1.82, 2.24) is 0 Å². The van der Waals surface area contributed by atoms with E-state index < -0.39 is 16.7 Å². The van der Waals surface area contributed by atoms with Gasteiger partial charge in [-0.25, -0.2) is 0 Å². The van der Waals surface area contributed by atoms with Gasteiger partial charge in [-0.15, -0.1) is 0 Å². The van der Waals surface area contributed by atoms with Crippen LogP contribution in [0.1, 0.15) is 5.56 Å². The topological polar surface area (TPSA) is 43.1 Å². The highest BCUT2D eigenvalue weighted by Gasteiger charge is 2.30. The maximum atomic E-state index is 12.6. The Morgan fingerprint density at radius 1 is 1.00 bits per heavy atom. The lowest BCUT2D eigenvalue weighted by Gasteiger charge is -2.09. The Kier molecular flexibility index (Phi) is 3.25. The smallest absolute Gasteiger partial charge is 0.258 e. The van der Waals surface area contributed by atoms with Crippen molar-refractivity contribution in [3.8, 4) is 11.1 Å². The molecule has 0 fully saturated rings. The second-order valence-corrected chi connectivity index (χ2v) is 3.85. The predicted octanol–water partition coefficient (Wildman–Crippen LogP) is 4.28. The summed E-state index contributed by atoms with van der Waals surface area (Å²) in [7, 11) is 0. The van der Waals surface area contributed by atoms with Crippen LogP contribution in [-0.2, 0) is 6.18 Å². The van der Waals surface area contributed by atoms with Crippen LogP contribution in [-0.4, -0.2) is 4.92 Å². The van der Waals surface area contributed by atoms with Crippen LogP contribution in [0.3, 0.4) is 0 Å². The van der Waals surface area contributed by atoms with Crippen LogP contribution in [0.4, 0.5) is 18.9 Å². The monoisotopic (exact) mass is 267 g/mol. The minimum Gasteiger partial charge on any atom is -0.258 e. The Morgan fingerprint density at radius 3 is 2.32 bits per heavy atom. The van der Waals surface area contributed by atoms with Crippen LogP contribution < -0.4 is 0 Å². The summed E-state index contributed by atoms with van der Waals surface area (Å²) in [6, 6.07) is 10.2. The standard InChI is InChI=1S/C13H8F3NO2/c14-13(15,16)10-5-3-4-9(8-10)11-6-1-2-7-12(11)17(18)19/h1-8H. The van der Waals surface area contributed by atoms with E-state index in [-0.39, 0.29) is 16.8 Å². The summed E-state index contributed by atoms with van der Waals surface area (Å²) in [4.78, 5) is 10.2. The van der Waals surface area contributed by atoms with E-state index in [0.717, 1.165) is 12.1 Å². The molecule has 0 amide bonds. The van der Waals surface area contributed by atoms with E-state index in [2.05, 4.69) is 0 Å². The van der Waals surface area contributed by atoms with Crippen LogP contribution in [0.15, 0.2) is 48.5 Å². The maximum Gasteiger partial charge on any atom is 0.416 e. The van der Waals surface area contributed by atoms with Gasteiger partial charge in [-0.05, 0) is 23.8 Å². The Labute approximate surface area is 106 Å². The fourth-order valence-electron chi connectivity index (χ4n) is 1.74. The SMILES string of the molecule is O=[N+]([O-])c1ccccc1-c1cccc(C(F)(F)F)c1. The summed E-state index contributed by atoms with van der Waals surface area (Å²) in [6.45, 7) is 0. The van der Waals surface area contributed by atoms with Gasteiger partial charge in [-0.3, -0.25) is 10.1 Å². The van der Waals surface area contributed by atoms with Crippen molar-refractivity contribution in [2.24, 2.45) is 0 Å². The van der Waals surface area contributed by atoms with Gasteiger partial charge >= 0.3 is 6.18 Å². The van der Waals surface area contributed by atoms with Crippen molar-refractivity contribution in [2.75, 3.05) is 0 Å². The van der Waals surface area contributed by atoms with E-state index in [4.69, 9.17) is 0 Å². The highest BCUT2D eigenvalue weighted by Crippen LogP contribution is 2.34. The van der Waals surface area contributed by atoms with Crippen LogP contribution in [0.5, 0.6) is 0 Å². The number of alkyl halides is 3. The molecule has 0 unspecified atom stereocenters. The Morgan fingerprint density at radius 2 is 1.68 bits per heavy atom. The first-order valence-electron chi connectivity index (χ1n) is 5.30. The molecule has 0 saturated heterocycles. The van der Waals surface area contributed by atoms with Gasteiger partial charge in [0.15, 0.2) is 0 Å². The van der Waals surface area contributed by atoms with E-state index in [0.29, 0.717) is 0 Å². The van der Waals surface area contributed by atoms with Gasteiger partial charge in [-0.2, -0.15) is 13.2 Å². The molecule has 2 aromatic carbocycles.